The second-order valence-corrected chi connectivity index (χ2v) is 5.12. The number of rotatable bonds is 3. The van der Waals surface area contributed by atoms with Crippen molar-refractivity contribution in [3.63, 3.8) is 0 Å². The molecule has 1 aliphatic carbocycles. The third-order valence-corrected chi connectivity index (χ3v) is 3.71. The van der Waals surface area contributed by atoms with Crippen LogP contribution < -0.4 is 0 Å². The van der Waals surface area contributed by atoms with Crippen molar-refractivity contribution in [3.8, 4) is 0 Å². The molecular formula is C14H28O5. The highest BCUT2D eigenvalue weighted by molar-refractivity contribution is 4.92. The van der Waals surface area contributed by atoms with Gasteiger partial charge in [0.15, 0.2) is 5.79 Å². The van der Waals surface area contributed by atoms with Gasteiger partial charge in [0.25, 0.3) is 0 Å². The molecule has 1 saturated heterocycles. The lowest BCUT2D eigenvalue weighted by Crippen LogP contribution is -2.43. The van der Waals surface area contributed by atoms with E-state index < -0.39 is 30.2 Å². The highest BCUT2D eigenvalue weighted by Crippen LogP contribution is 2.41. The summed E-state index contributed by atoms with van der Waals surface area (Å²) in [6.45, 7) is 5.31. The fourth-order valence-electron chi connectivity index (χ4n) is 2.73. The quantitative estimate of drug-likeness (QED) is 0.721. The molecule has 4 atom stereocenters. The SMILES string of the molecule is CC.CC(O)C(O)[C@H]1OC2(CCCCC2)O[C@H]1CO. The van der Waals surface area contributed by atoms with Crippen LogP contribution in [0, 0.1) is 0 Å². The zero-order valence-electron chi connectivity index (χ0n) is 12.2. The van der Waals surface area contributed by atoms with Gasteiger partial charge in [-0.2, -0.15) is 0 Å². The van der Waals surface area contributed by atoms with Crippen LogP contribution in [0.15, 0.2) is 0 Å². The van der Waals surface area contributed by atoms with Gasteiger partial charge in [-0.15, -0.1) is 0 Å². The van der Waals surface area contributed by atoms with Gasteiger partial charge in [0.05, 0.1) is 12.7 Å². The molecule has 0 amide bonds. The van der Waals surface area contributed by atoms with E-state index in [1.165, 1.54) is 13.3 Å². The number of hydrogen-bond donors (Lipinski definition) is 3. The van der Waals surface area contributed by atoms with E-state index in [4.69, 9.17) is 9.47 Å². The molecule has 5 heteroatoms. The molecule has 1 saturated carbocycles. The molecule has 2 unspecified atom stereocenters. The van der Waals surface area contributed by atoms with E-state index in [0.717, 1.165) is 25.7 Å². The summed E-state index contributed by atoms with van der Waals surface area (Å²) in [7, 11) is 0. The van der Waals surface area contributed by atoms with Crippen molar-refractivity contribution in [2.75, 3.05) is 6.61 Å². The predicted molar refractivity (Wildman–Crippen MR) is 71.7 cm³/mol. The first kappa shape index (κ1) is 16.9. The molecule has 2 aliphatic rings. The Morgan fingerprint density at radius 1 is 1.11 bits per heavy atom. The van der Waals surface area contributed by atoms with Crippen molar-refractivity contribution in [2.45, 2.75) is 83.1 Å². The van der Waals surface area contributed by atoms with E-state index in [0.29, 0.717) is 0 Å². The summed E-state index contributed by atoms with van der Waals surface area (Å²) in [6.07, 6.45) is 1.74. The molecule has 1 spiro atoms. The van der Waals surface area contributed by atoms with Crippen LogP contribution in [0.3, 0.4) is 0 Å². The minimum absolute atomic E-state index is 0.198. The van der Waals surface area contributed by atoms with Gasteiger partial charge in [-0.3, -0.25) is 0 Å². The molecule has 1 heterocycles. The Hall–Kier alpha value is -0.200. The smallest absolute Gasteiger partial charge is 0.169 e. The fraction of sp³-hybridized carbons (Fsp3) is 1.00. The molecule has 0 aromatic heterocycles. The molecule has 2 fully saturated rings. The molecule has 0 bridgehead atoms. The van der Waals surface area contributed by atoms with E-state index in [2.05, 4.69) is 0 Å². The number of ether oxygens (including phenoxy) is 2. The minimum Gasteiger partial charge on any atom is -0.394 e. The van der Waals surface area contributed by atoms with Crippen molar-refractivity contribution in [1.82, 2.24) is 0 Å². The van der Waals surface area contributed by atoms with E-state index in [1.54, 1.807) is 0 Å². The monoisotopic (exact) mass is 276 g/mol. The lowest BCUT2D eigenvalue weighted by molar-refractivity contribution is -0.204. The van der Waals surface area contributed by atoms with Gasteiger partial charge in [0.2, 0.25) is 0 Å². The van der Waals surface area contributed by atoms with E-state index in [9.17, 15) is 15.3 Å². The normalized spacial score (nSPS) is 32.5. The Kier molecular flexibility index (Phi) is 6.69. The van der Waals surface area contributed by atoms with Gasteiger partial charge in [-0.1, -0.05) is 20.3 Å². The summed E-state index contributed by atoms with van der Waals surface area (Å²) >= 11 is 0. The third-order valence-electron chi connectivity index (χ3n) is 3.71. The lowest BCUT2D eigenvalue weighted by Gasteiger charge is -2.32. The van der Waals surface area contributed by atoms with Gasteiger partial charge in [-0.05, 0) is 19.8 Å². The first-order valence-corrected chi connectivity index (χ1v) is 7.40. The molecule has 5 nitrogen and oxygen atoms in total. The Morgan fingerprint density at radius 2 is 1.68 bits per heavy atom. The van der Waals surface area contributed by atoms with Crippen LogP contribution in [0.4, 0.5) is 0 Å². The Bertz CT molecular complexity index is 250. The first-order valence-electron chi connectivity index (χ1n) is 7.40. The lowest BCUT2D eigenvalue weighted by atomic mass is 9.94. The second-order valence-electron chi connectivity index (χ2n) is 5.12. The highest BCUT2D eigenvalue weighted by Gasteiger charge is 2.50. The first-order chi connectivity index (χ1) is 9.08. The van der Waals surface area contributed by atoms with Crippen LogP contribution >= 0.6 is 0 Å². The summed E-state index contributed by atoms with van der Waals surface area (Å²) < 4.78 is 11.6. The summed E-state index contributed by atoms with van der Waals surface area (Å²) in [6, 6.07) is 0. The number of aliphatic hydroxyl groups is 3. The summed E-state index contributed by atoms with van der Waals surface area (Å²) in [5, 5.41) is 28.6. The van der Waals surface area contributed by atoms with Gasteiger partial charge in [0, 0.05) is 12.8 Å². The van der Waals surface area contributed by atoms with Crippen LogP contribution in [0.5, 0.6) is 0 Å². The van der Waals surface area contributed by atoms with E-state index in [1.807, 2.05) is 13.8 Å². The maximum Gasteiger partial charge on any atom is 0.169 e. The minimum atomic E-state index is -1.02. The van der Waals surface area contributed by atoms with Gasteiger partial charge in [0.1, 0.15) is 18.3 Å². The highest BCUT2D eigenvalue weighted by atomic mass is 16.8. The van der Waals surface area contributed by atoms with Crippen molar-refractivity contribution in [2.24, 2.45) is 0 Å². The Labute approximate surface area is 115 Å². The van der Waals surface area contributed by atoms with Crippen LogP contribution in [-0.2, 0) is 9.47 Å². The average Bonchev–Trinajstić information content (AvgIpc) is 2.79. The van der Waals surface area contributed by atoms with Gasteiger partial charge >= 0.3 is 0 Å². The Balaban J connectivity index is 0.000000861. The molecule has 19 heavy (non-hydrogen) atoms. The van der Waals surface area contributed by atoms with Gasteiger partial charge in [-0.25, -0.2) is 0 Å². The maximum absolute atomic E-state index is 9.88. The molecule has 2 rings (SSSR count). The molecule has 0 aromatic carbocycles. The summed E-state index contributed by atoms with van der Waals surface area (Å²) in [5.41, 5.74) is 0. The molecule has 0 radical (unpaired) electrons. The fourth-order valence-corrected chi connectivity index (χ4v) is 2.73. The van der Waals surface area contributed by atoms with Crippen molar-refractivity contribution in [3.05, 3.63) is 0 Å². The van der Waals surface area contributed by atoms with Crippen LogP contribution in [0.2, 0.25) is 0 Å². The molecule has 3 N–H and O–H groups in total. The van der Waals surface area contributed by atoms with E-state index in [-0.39, 0.29) is 6.61 Å². The molecule has 0 aromatic rings. The Morgan fingerprint density at radius 3 is 2.16 bits per heavy atom. The van der Waals surface area contributed by atoms with Crippen LogP contribution in [-0.4, -0.2) is 52.1 Å². The van der Waals surface area contributed by atoms with E-state index >= 15 is 0 Å². The topological polar surface area (TPSA) is 79.2 Å². The zero-order chi connectivity index (χ0) is 14.5. The standard InChI is InChI=1S/C12H22O5.C2H6/c1-8(14)10(15)11-9(7-13)16-12(17-11)5-3-2-4-6-12;1-2/h8-11,13-15H,2-7H2,1H3;1-2H3/t8?,9-,10?,11-;/m0./s1. The summed E-state index contributed by atoms with van der Waals surface area (Å²) in [5.74, 6) is -0.647. The average molecular weight is 276 g/mol. The van der Waals surface area contributed by atoms with Crippen molar-refractivity contribution >= 4 is 0 Å². The second kappa shape index (κ2) is 7.55. The zero-order valence-corrected chi connectivity index (χ0v) is 12.2. The molecular weight excluding hydrogens is 248 g/mol. The van der Waals surface area contributed by atoms with Crippen LogP contribution in [0.1, 0.15) is 52.9 Å². The predicted octanol–water partition coefficient (Wildman–Crippen LogP) is 1.19. The maximum atomic E-state index is 9.88. The molecule has 114 valence electrons. The van der Waals surface area contributed by atoms with Crippen LogP contribution in [0.25, 0.3) is 0 Å². The number of aliphatic hydroxyl groups excluding tert-OH is 3. The van der Waals surface area contributed by atoms with Gasteiger partial charge < -0.3 is 24.8 Å². The summed E-state index contributed by atoms with van der Waals surface area (Å²) in [4.78, 5) is 0. The number of hydrogen-bond acceptors (Lipinski definition) is 5. The van der Waals surface area contributed by atoms with Crippen molar-refractivity contribution < 1.29 is 24.8 Å². The largest absolute Gasteiger partial charge is 0.394 e. The third kappa shape index (κ3) is 3.89. The molecule has 1 aliphatic heterocycles. The van der Waals surface area contributed by atoms with Crippen molar-refractivity contribution in [1.29, 1.82) is 0 Å².